The smallest absolute Gasteiger partial charge is 0.293 e. The van der Waals surface area contributed by atoms with Crippen LogP contribution in [0.4, 0.5) is 4.79 Å². The fourth-order valence-electron chi connectivity index (χ4n) is 3.49. The van der Waals surface area contributed by atoms with E-state index in [2.05, 4.69) is 5.32 Å². The summed E-state index contributed by atoms with van der Waals surface area (Å²) in [6.07, 6.45) is 1.67. The number of imide groups is 1. The molecule has 168 valence electrons. The van der Waals surface area contributed by atoms with Crippen molar-refractivity contribution in [2.75, 3.05) is 27.3 Å². The van der Waals surface area contributed by atoms with E-state index < -0.39 is 0 Å². The number of amides is 3. The monoisotopic (exact) mass is 462 g/mol. The standard InChI is InChI=1S/C25H22N2O5S/c1-31-19-9-7-16(8-10-19)13-22-24(29)27(25(30)33-22)12-11-26-23(28)20-14-17-5-3-4-6-18(17)15-21(20)32-2/h3-10,13-15H,11-12H2,1-2H3,(H,26,28)/b22-13-. The molecule has 0 radical (unpaired) electrons. The van der Waals surface area contributed by atoms with Gasteiger partial charge >= 0.3 is 0 Å². The van der Waals surface area contributed by atoms with E-state index in [1.165, 1.54) is 7.11 Å². The Balaban J connectivity index is 1.40. The molecule has 1 heterocycles. The van der Waals surface area contributed by atoms with Crippen molar-refractivity contribution < 1.29 is 23.9 Å². The van der Waals surface area contributed by atoms with Crippen LogP contribution in [-0.2, 0) is 4.79 Å². The maximum absolute atomic E-state index is 12.8. The largest absolute Gasteiger partial charge is 0.497 e. The van der Waals surface area contributed by atoms with Crippen LogP contribution in [0.25, 0.3) is 16.8 Å². The molecule has 1 saturated heterocycles. The zero-order valence-corrected chi connectivity index (χ0v) is 19.0. The second-order valence-electron chi connectivity index (χ2n) is 7.26. The number of fused-ring (bicyclic) bond motifs is 1. The number of ether oxygens (including phenoxy) is 2. The van der Waals surface area contributed by atoms with Crippen LogP contribution < -0.4 is 14.8 Å². The number of thioether (sulfide) groups is 1. The van der Waals surface area contributed by atoms with Gasteiger partial charge in [0.15, 0.2) is 0 Å². The SMILES string of the molecule is COc1ccc(/C=C2\SC(=O)N(CCNC(=O)c3cc4ccccc4cc3OC)C2=O)cc1. The Labute approximate surface area is 195 Å². The third-order valence-corrected chi connectivity index (χ3v) is 6.13. The van der Waals surface area contributed by atoms with Crippen molar-refractivity contribution in [3.63, 3.8) is 0 Å². The molecule has 3 aromatic carbocycles. The normalized spacial score (nSPS) is 14.7. The van der Waals surface area contributed by atoms with E-state index in [-0.39, 0.29) is 30.1 Å². The minimum absolute atomic E-state index is 0.0757. The van der Waals surface area contributed by atoms with Crippen molar-refractivity contribution in [2.24, 2.45) is 0 Å². The second-order valence-corrected chi connectivity index (χ2v) is 8.26. The second kappa shape index (κ2) is 9.79. The molecule has 0 atom stereocenters. The Bertz CT molecular complexity index is 1250. The Morgan fingerprint density at radius 1 is 1.00 bits per heavy atom. The Hall–Kier alpha value is -3.78. The molecule has 1 N–H and O–H groups in total. The Morgan fingerprint density at radius 2 is 1.70 bits per heavy atom. The number of benzene rings is 3. The Morgan fingerprint density at radius 3 is 2.36 bits per heavy atom. The molecule has 0 aliphatic carbocycles. The molecule has 3 amide bonds. The van der Waals surface area contributed by atoms with E-state index >= 15 is 0 Å². The van der Waals surface area contributed by atoms with E-state index in [1.54, 1.807) is 31.4 Å². The maximum atomic E-state index is 12.8. The maximum Gasteiger partial charge on any atom is 0.293 e. The predicted octanol–water partition coefficient (Wildman–Crippen LogP) is 4.32. The van der Waals surface area contributed by atoms with Crippen molar-refractivity contribution in [2.45, 2.75) is 0 Å². The van der Waals surface area contributed by atoms with Crippen molar-refractivity contribution in [3.8, 4) is 11.5 Å². The lowest BCUT2D eigenvalue weighted by Gasteiger charge is -2.14. The molecule has 0 saturated carbocycles. The highest BCUT2D eigenvalue weighted by molar-refractivity contribution is 8.18. The molecule has 7 nitrogen and oxygen atoms in total. The number of hydrogen-bond acceptors (Lipinski definition) is 6. The van der Waals surface area contributed by atoms with Gasteiger partial charge in [0.1, 0.15) is 11.5 Å². The molecule has 4 rings (SSSR count). The van der Waals surface area contributed by atoms with E-state index in [0.29, 0.717) is 22.0 Å². The average molecular weight is 463 g/mol. The molecule has 8 heteroatoms. The number of carbonyl (C=O) groups excluding carboxylic acids is 3. The fraction of sp³-hybridized carbons (Fsp3) is 0.160. The van der Waals surface area contributed by atoms with E-state index in [1.807, 2.05) is 42.5 Å². The van der Waals surface area contributed by atoms with E-state index in [4.69, 9.17) is 9.47 Å². The van der Waals surface area contributed by atoms with Crippen LogP contribution in [0.5, 0.6) is 11.5 Å². The lowest BCUT2D eigenvalue weighted by molar-refractivity contribution is -0.122. The topological polar surface area (TPSA) is 84.9 Å². The number of nitrogens with zero attached hydrogens (tertiary/aromatic N) is 1. The molecule has 33 heavy (non-hydrogen) atoms. The minimum atomic E-state index is -0.377. The first-order valence-electron chi connectivity index (χ1n) is 10.2. The van der Waals surface area contributed by atoms with Gasteiger partial charge in [-0.05, 0) is 58.4 Å². The first kappa shape index (κ1) is 22.4. The highest BCUT2D eigenvalue weighted by Gasteiger charge is 2.34. The molecule has 1 aliphatic heterocycles. The molecule has 0 spiro atoms. The summed E-state index contributed by atoms with van der Waals surface area (Å²) < 4.78 is 10.5. The molecule has 3 aromatic rings. The van der Waals surface area contributed by atoms with Crippen LogP contribution in [0.1, 0.15) is 15.9 Å². The Kier molecular flexibility index (Phi) is 6.65. The molecule has 0 aromatic heterocycles. The third-order valence-electron chi connectivity index (χ3n) is 5.22. The summed E-state index contributed by atoms with van der Waals surface area (Å²) in [5.74, 6) is 0.454. The number of nitrogens with one attached hydrogen (secondary N) is 1. The van der Waals surface area contributed by atoms with Crippen LogP contribution in [0.15, 0.2) is 65.6 Å². The van der Waals surface area contributed by atoms with Gasteiger partial charge in [-0.1, -0.05) is 36.4 Å². The van der Waals surface area contributed by atoms with Crippen molar-refractivity contribution in [1.29, 1.82) is 0 Å². The average Bonchev–Trinajstić information content (AvgIpc) is 3.10. The minimum Gasteiger partial charge on any atom is -0.497 e. The first-order chi connectivity index (χ1) is 16.0. The van der Waals surface area contributed by atoms with E-state index in [0.717, 1.165) is 33.0 Å². The summed E-state index contributed by atoms with van der Waals surface area (Å²) >= 11 is 0.884. The molecular formula is C25H22N2O5S. The van der Waals surface area contributed by atoms with Gasteiger partial charge in [0.2, 0.25) is 0 Å². The van der Waals surface area contributed by atoms with Gasteiger partial charge in [-0.3, -0.25) is 19.3 Å². The molecule has 0 bridgehead atoms. The summed E-state index contributed by atoms with van der Waals surface area (Å²) in [5.41, 5.74) is 1.18. The van der Waals surface area contributed by atoms with Crippen LogP contribution in [-0.4, -0.2) is 49.3 Å². The van der Waals surface area contributed by atoms with Gasteiger partial charge < -0.3 is 14.8 Å². The summed E-state index contributed by atoms with van der Waals surface area (Å²) in [6.45, 7) is 0.203. The van der Waals surface area contributed by atoms with Crippen molar-refractivity contribution in [1.82, 2.24) is 10.2 Å². The molecule has 1 aliphatic rings. The van der Waals surface area contributed by atoms with Gasteiger partial charge in [0.05, 0.1) is 24.7 Å². The predicted molar refractivity (Wildman–Crippen MR) is 129 cm³/mol. The quantitative estimate of drug-likeness (QED) is 0.527. The van der Waals surface area contributed by atoms with Gasteiger partial charge in [0, 0.05) is 13.1 Å². The number of hydrogen-bond donors (Lipinski definition) is 1. The van der Waals surface area contributed by atoms with Crippen LogP contribution in [0, 0.1) is 0 Å². The van der Waals surface area contributed by atoms with Crippen LogP contribution >= 0.6 is 11.8 Å². The number of methoxy groups -OCH3 is 2. The van der Waals surface area contributed by atoms with Gasteiger partial charge in [-0.2, -0.15) is 0 Å². The zero-order valence-electron chi connectivity index (χ0n) is 18.2. The van der Waals surface area contributed by atoms with Crippen molar-refractivity contribution >= 4 is 45.7 Å². The van der Waals surface area contributed by atoms with Gasteiger partial charge in [-0.25, -0.2) is 0 Å². The molecular weight excluding hydrogens is 440 g/mol. The summed E-state index contributed by atoms with van der Waals surface area (Å²) in [6, 6.07) is 18.4. The fourth-order valence-corrected chi connectivity index (χ4v) is 4.35. The molecule has 1 fully saturated rings. The first-order valence-corrected chi connectivity index (χ1v) is 11.1. The zero-order chi connectivity index (χ0) is 23.4. The highest BCUT2D eigenvalue weighted by Crippen LogP contribution is 2.32. The summed E-state index contributed by atoms with van der Waals surface area (Å²) in [4.78, 5) is 39.3. The third kappa shape index (κ3) is 4.85. The molecule has 0 unspecified atom stereocenters. The number of rotatable bonds is 7. The summed E-state index contributed by atoms with van der Waals surface area (Å²) in [7, 11) is 3.09. The van der Waals surface area contributed by atoms with Crippen LogP contribution in [0.3, 0.4) is 0 Å². The van der Waals surface area contributed by atoms with E-state index in [9.17, 15) is 14.4 Å². The van der Waals surface area contributed by atoms with Gasteiger partial charge in [0.25, 0.3) is 17.1 Å². The highest BCUT2D eigenvalue weighted by atomic mass is 32.2. The van der Waals surface area contributed by atoms with Gasteiger partial charge in [-0.15, -0.1) is 0 Å². The lowest BCUT2D eigenvalue weighted by atomic mass is 10.1. The summed E-state index contributed by atoms with van der Waals surface area (Å²) in [5, 5.41) is 4.29. The van der Waals surface area contributed by atoms with Crippen LogP contribution in [0.2, 0.25) is 0 Å². The lowest BCUT2D eigenvalue weighted by Crippen LogP contribution is -2.37. The van der Waals surface area contributed by atoms with Crippen molar-refractivity contribution in [3.05, 3.63) is 76.7 Å². The number of carbonyl (C=O) groups is 3.